The fourth-order valence-corrected chi connectivity index (χ4v) is 2.18. The normalized spacial score (nSPS) is 18.8. The number of anilines is 1. The lowest BCUT2D eigenvalue weighted by atomic mass is 10.1. The highest BCUT2D eigenvalue weighted by Crippen LogP contribution is 2.39. The van der Waals surface area contributed by atoms with E-state index >= 15 is 0 Å². The van der Waals surface area contributed by atoms with Crippen LogP contribution < -0.4 is 4.90 Å². The first-order valence-electron chi connectivity index (χ1n) is 5.26. The van der Waals surface area contributed by atoms with Crippen molar-refractivity contribution < 1.29 is 9.72 Å². The molecule has 2 aliphatic rings. The van der Waals surface area contributed by atoms with E-state index in [1.54, 1.807) is 11.0 Å². The Morgan fingerprint density at radius 3 is 2.75 bits per heavy atom. The number of nitro groups is 1. The molecule has 1 amide bonds. The number of hydrogen-bond donors (Lipinski definition) is 0. The second-order valence-electron chi connectivity index (χ2n) is 4.24. The first kappa shape index (κ1) is 9.33. The number of non-ortho nitro benzene ring substituents is 1. The molecule has 1 aliphatic carbocycles. The molecule has 5 nitrogen and oxygen atoms in total. The molecule has 0 atom stereocenters. The largest absolute Gasteiger partial charge is 0.309 e. The van der Waals surface area contributed by atoms with Crippen molar-refractivity contribution >= 4 is 17.3 Å². The van der Waals surface area contributed by atoms with Crippen LogP contribution in [0.5, 0.6) is 0 Å². The minimum atomic E-state index is -0.426. The SMILES string of the molecule is O=C1Cc2cc([N+](=O)[O-])ccc2N1C1CC1. The first-order valence-corrected chi connectivity index (χ1v) is 5.26. The minimum absolute atomic E-state index is 0.0594. The van der Waals surface area contributed by atoms with Crippen LogP contribution in [0, 0.1) is 10.1 Å². The van der Waals surface area contributed by atoms with Gasteiger partial charge in [-0.1, -0.05) is 0 Å². The number of fused-ring (bicyclic) bond motifs is 1. The summed E-state index contributed by atoms with van der Waals surface area (Å²) in [5.41, 5.74) is 1.70. The van der Waals surface area contributed by atoms with Crippen LogP contribution in [0.25, 0.3) is 0 Å². The van der Waals surface area contributed by atoms with Gasteiger partial charge in [-0.05, 0) is 24.5 Å². The van der Waals surface area contributed by atoms with Gasteiger partial charge >= 0.3 is 0 Å². The quantitative estimate of drug-likeness (QED) is 0.560. The third-order valence-electron chi connectivity index (χ3n) is 3.06. The predicted molar refractivity (Wildman–Crippen MR) is 57.3 cm³/mol. The molecular formula is C11H10N2O3. The molecule has 5 heteroatoms. The molecule has 0 unspecified atom stereocenters. The van der Waals surface area contributed by atoms with Gasteiger partial charge < -0.3 is 4.90 Å². The van der Waals surface area contributed by atoms with Gasteiger partial charge in [0.25, 0.3) is 5.69 Å². The Hall–Kier alpha value is -1.91. The second-order valence-corrected chi connectivity index (χ2v) is 4.24. The Kier molecular flexibility index (Phi) is 1.77. The van der Waals surface area contributed by atoms with Crippen molar-refractivity contribution in [3.05, 3.63) is 33.9 Å². The summed E-state index contributed by atoms with van der Waals surface area (Å²) >= 11 is 0. The van der Waals surface area contributed by atoms with Gasteiger partial charge in [0, 0.05) is 23.9 Å². The number of benzene rings is 1. The summed E-state index contributed by atoms with van der Waals surface area (Å²) in [6, 6.07) is 4.99. The van der Waals surface area contributed by atoms with Gasteiger partial charge in [0.15, 0.2) is 0 Å². The van der Waals surface area contributed by atoms with E-state index in [0.29, 0.717) is 12.5 Å². The lowest BCUT2D eigenvalue weighted by molar-refractivity contribution is -0.384. The lowest BCUT2D eigenvalue weighted by Gasteiger charge is -2.15. The maximum atomic E-state index is 11.7. The maximum Gasteiger partial charge on any atom is 0.269 e. The van der Waals surface area contributed by atoms with Gasteiger partial charge in [-0.2, -0.15) is 0 Å². The number of hydrogen-bond acceptors (Lipinski definition) is 3. The van der Waals surface area contributed by atoms with Gasteiger partial charge in [-0.25, -0.2) is 0 Å². The number of nitrogens with zero attached hydrogens (tertiary/aromatic N) is 2. The maximum absolute atomic E-state index is 11.7. The van der Waals surface area contributed by atoms with E-state index in [9.17, 15) is 14.9 Å². The number of carbonyl (C=O) groups is 1. The van der Waals surface area contributed by atoms with Crippen molar-refractivity contribution in [3.63, 3.8) is 0 Å². The van der Waals surface area contributed by atoms with E-state index in [-0.39, 0.29) is 11.6 Å². The molecule has 82 valence electrons. The molecule has 0 N–H and O–H groups in total. The van der Waals surface area contributed by atoms with E-state index in [2.05, 4.69) is 0 Å². The zero-order valence-corrected chi connectivity index (χ0v) is 8.55. The number of amides is 1. The number of nitro benzene ring substituents is 1. The van der Waals surface area contributed by atoms with E-state index in [1.807, 2.05) is 0 Å². The van der Waals surface area contributed by atoms with Crippen LogP contribution in [-0.4, -0.2) is 16.9 Å². The number of carbonyl (C=O) groups excluding carboxylic acids is 1. The molecule has 0 radical (unpaired) electrons. The zero-order chi connectivity index (χ0) is 11.3. The third-order valence-corrected chi connectivity index (χ3v) is 3.06. The van der Waals surface area contributed by atoms with Crippen LogP contribution in [0.1, 0.15) is 18.4 Å². The predicted octanol–water partition coefficient (Wildman–Crippen LogP) is 1.65. The molecule has 16 heavy (non-hydrogen) atoms. The van der Waals surface area contributed by atoms with Crippen LogP contribution in [0.3, 0.4) is 0 Å². The van der Waals surface area contributed by atoms with Crippen LogP contribution in [0.15, 0.2) is 18.2 Å². The Balaban J connectivity index is 2.03. The van der Waals surface area contributed by atoms with Gasteiger partial charge in [-0.3, -0.25) is 14.9 Å². The average molecular weight is 218 g/mol. The highest BCUT2D eigenvalue weighted by Gasteiger charge is 2.39. The third kappa shape index (κ3) is 1.28. The van der Waals surface area contributed by atoms with Crippen molar-refractivity contribution in [2.45, 2.75) is 25.3 Å². The molecule has 0 bridgehead atoms. The second kappa shape index (κ2) is 3.04. The first-order chi connectivity index (χ1) is 7.66. The van der Waals surface area contributed by atoms with Crippen molar-refractivity contribution in [1.82, 2.24) is 0 Å². The van der Waals surface area contributed by atoms with E-state index in [0.717, 1.165) is 24.1 Å². The molecule has 1 heterocycles. The smallest absolute Gasteiger partial charge is 0.269 e. The average Bonchev–Trinajstić information content (AvgIpc) is 3.00. The topological polar surface area (TPSA) is 63.4 Å². The summed E-state index contributed by atoms with van der Waals surface area (Å²) in [4.78, 5) is 23.7. The minimum Gasteiger partial charge on any atom is -0.309 e. The van der Waals surface area contributed by atoms with Crippen molar-refractivity contribution in [3.8, 4) is 0 Å². The Morgan fingerprint density at radius 1 is 1.38 bits per heavy atom. The summed E-state index contributed by atoms with van der Waals surface area (Å²) < 4.78 is 0. The summed E-state index contributed by atoms with van der Waals surface area (Å²) in [6.45, 7) is 0. The Bertz CT molecular complexity index is 494. The van der Waals surface area contributed by atoms with E-state index in [1.165, 1.54) is 12.1 Å². The van der Waals surface area contributed by atoms with Crippen molar-refractivity contribution in [2.24, 2.45) is 0 Å². The summed E-state index contributed by atoms with van der Waals surface area (Å²) in [6.07, 6.45) is 2.39. The van der Waals surface area contributed by atoms with Gasteiger partial charge in [0.1, 0.15) is 0 Å². The fourth-order valence-electron chi connectivity index (χ4n) is 2.18. The van der Waals surface area contributed by atoms with Crippen LogP contribution in [0.4, 0.5) is 11.4 Å². The van der Waals surface area contributed by atoms with Crippen LogP contribution >= 0.6 is 0 Å². The molecule has 3 rings (SSSR count). The fraction of sp³-hybridized carbons (Fsp3) is 0.364. The van der Waals surface area contributed by atoms with Gasteiger partial charge in [0.2, 0.25) is 5.91 Å². The summed E-state index contributed by atoms with van der Waals surface area (Å²) in [7, 11) is 0. The van der Waals surface area contributed by atoms with Gasteiger partial charge in [-0.15, -0.1) is 0 Å². The molecular weight excluding hydrogens is 208 g/mol. The highest BCUT2D eigenvalue weighted by molar-refractivity contribution is 6.02. The molecule has 1 saturated carbocycles. The zero-order valence-electron chi connectivity index (χ0n) is 8.55. The monoisotopic (exact) mass is 218 g/mol. The standard InChI is InChI=1S/C11H10N2O3/c14-11-6-7-5-9(13(15)16)3-4-10(7)12(11)8-1-2-8/h3-5,8H,1-2,6H2. The lowest BCUT2D eigenvalue weighted by Crippen LogP contribution is -2.28. The van der Waals surface area contributed by atoms with E-state index in [4.69, 9.17) is 0 Å². The molecule has 1 aromatic rings. The summed E-state index contributed by atoms with van der Waals surface area (Å²) in [5.74, 6) is 0.0676. The van der Waals surface area contributed by atoms with E-state index < -0.39 is 4.92 Å². The molecule has 0 saturated heterocycles. The summed E-state index contributed by atoms with van der Waals surface area (Å²) in [5, 5.41) is 10.6. The van der Waals surface area contributed by atoms with Gasteiger partial charge in [0.05, 0.1) is 11.3 Å². The molecule has 1 aliphatic heterocycles. The van der Waals surface area contributed by atoms with Crippen LogP contribution in [-0.2, 0) is 11.2 Å². The molecule has 0 aromatic heterocycles. The molecule has 0 spiro atoms. The van der Waals surface area contributed by atoms with Crippen molar-refractivity contribution in [2.75, 3.05) is 4.90 Å². The Labute approximate surface area is 91.8 Å². The molecule has 1 fully saturated rings. The van der Waals surface area contributed by atoms with Crippen LogP contribution in [0.2, 0.25) is 0 Å². The highest BCUT2D eigenvalue weighted by atomic mass is 16.6. The molecule has 1 aromatic carbocycles. The number of rotatable bonds is 2. The van der Waals surface area contributed by atoms with Crippen molar-refractivity contribution in [1.29, 1.82) is 0 Å². The Morgan fingerprint density at radius 2 is 2.12 bits per heavy atom.